The lowest BCUT2D eigenvalue weighted by molar-refractivity contribution is 0.0985. The number of nitrogen functional groups attached to an aromatic ring is 1. The predicted octanol–water partition coefficient (Wildman–Crippen LogP) is 1.89. The van der Waals surface area contributed by atoms with Gasteiger partial charge in [-0.05, 0) is 31.2 Å². The zero-order valence-corrected chi connectivity index (χ0v) is 15.9. The summed E-state index contributed by atoms with van der Waals surface area (Å²) in [5, 5.41) is 0. The molecular weight excluding hydrogens is 352 g/mol. The molecule has 7 nitrogen and oxygen atoms in total. The fourth-order valence-corrected chi connectivity index (χ4v) is 3.66. The Morgan fingerprint density at radius 1 is 1.27 bits per heavy atom. The van der Waals surface area contributed by atoms with E-state index in [9.17, 15) is 8.42 Å². The van der Waals surface area contributed by atoms with Crippen LogP contribution in [0, 0.1) is 0 Å². The number of nitrogens with two attached hydrogens (primary N) is 1. The predicted molar refractivity (Wildman–Crippen MR) is 103 cm³/mol. The topological polar surface area (TPSA) is 98.4 Å². The SMILES string of the molecule is CCS(=O)(=O)Cc1cc(N2CCOC[C@@H]2C)nc(-c2ccc(N)cc2)n1. The van der Waals surface area contributed by atoms with Crippen molar-refractivity contribution in [3.05, 3.63) is 36.0 Å². The van der Waals surface area contributed by atoms with E-state index >= 15 is 0 Å². The molecule has 140 valence electrons. The van der Waals surface area contributed by atoms with Crippen molar-refractivity contribution < 1.29 is 13.2 Å². The fraction of sp³-hybridized carbons (Fsp3) is 0.444. The number of aromatic nitrogens is 2. The van der Waals surface area contributed by atoms with Crippen LogP contribution in [0.3, 0.4) is 0 Å². The number of morpholine rings is 1. The first kappa shape index (κ1) is 18.6. The third-order valence-electron chi connectivity index (χ3n) is 4.40. The molecule has 0 aliphatic carbocycles. The van der Waals surface area contributed by atoms with Crippen molar-refractivity contribution in [1.82, 2.24) is 9.97 Å². The van der Waals surface area contributed by atoms with Gasteiger partial charge in [0.15, 0.2) is 15.7 Å². The van der Waals surface area contributed by atoms with Gasteiger partial charge in [-0.2, -0.15) is 0 Å². The van der Waals surface area contributed by atoms with E-state index in [2.05, 4.69) is 21.8 Å². The number of hydrogen-bond acceptors (Lipinski definition) is 7. The molecule has 0 spiro atoms. The van der Waals surface area contributed by atoms with Crippen LogP contribution in [0.15, 0.2) is 30.3 Å². The summed E-state index contributed by atoms with van der Waals surface area (Å²) in [7, 11) is -3.19. The Morgan fingerprint density at radius 2 is 2.00 bits per heavy atom. The van der Waals surface area contributed by atoms with Crippen molar-refractivity contribution >= 4 is 21.3 Å². The quantitative estimate of drug-likeness (QED) is 0.796. The average molecular weight is 376 g/mol. The lowest BCUT2D eigenvalue weighted by atomic mass is 10.2. The molecule has 2 aromatic rings. The number of anilines is 2. The molecule has 1 aliphatic rings. The molecule has 1 atom stereocenters. The van der Waals surface area contributed by atoms with Gasteiger partial charge in [-0.3, -0.25) is 0 Å². The molecule has 1 fully saturated rings. The van der Waals surface area contributed by atoms with Crippen molar-refractivity contribution in [2.45, 2.75) is 25.6 Å². The van der Waals surface area contributed by atoms with Gasteiger partial charge in [0, 0.05) is 29.6 Å². The lowest BCUT2D eigenvalue weighted by Gasteiger charge is -2.34. The van der Waals surface area contributed by atoms with Crippen LogP contribution in [0.25, 0.3) is 11.4 Å². The van der Waals surface area contributed by atoms with E-state index in [-0.39, 0.29) is 17.5 Å². The average Bonchev–Trinajstić information content (AvgIpc) is 2.62. The smallest absolute Gasteiger partial charge is 0.161 e. The molecule has 0 radical (unpaired) electrons. The highest BCUT2D eigenvalue weighted by Gasteiger charge is 2.22. The minimum absolute atomic E-state index is 0.0809. The standard InChI is InChI=1S/C18H24N4O3S/c1-3-26(23,24)12-16-10-17(22-8-9-25-11-13(22)2)21-18(20-16)14-4-6-15(19)7-5-14/h4-7,10,13H,3,8-9,11-12,19H2,1-2H3/t13-/m0/s1. The van der Waals surface area contributed by atoms with Gasteiger partial charge in [-0.15, -0.1) is 0 Å². The minimum Gasteiger partial charge on any atom is -0.399 e. The van der Waals surface area contributed by atoms with Crippen molar-refractivity contribution in [1.29, 1.82) is 0 Å². The van der Waals surface area contributed by atoms with E-state index in [1.807, 2.05) is 12.1 Å². The summed E-state index contributed by atoms with van der Waals surface area (Å²) < 4.78 is 29.7. The fourth-order valence-electron chi connectivity index (χ4n) is 2.86. The van der Waals surface area contributed by atoms with Gasteiger partial charge in [0.1, 0.15) is 5.82 Å². The van der Waals surface area contributed by atoms with E-state index in [0.29, 0.717) is 37.0 Å². The summed E-state index contributed by atoms with van der Waals surface area (Å²) in [5.41, 5.74) is 7.72. The first-order chi connectivity index (χ1) is 12.4. The van der Waals surface area contributed by atoms with E-state index in [1.165, 1.54) is 0 Å². The van der Waals surface area contributed by atoms with E-state index in [0.717, 1.165) is 11.4 Å². The summed E-state index contributed by atoms with van der Waals surface area (Å²) >= 11 is 0. The summed E-state index contributed by atoms with van der Waals surface area (Å²) in [6, 6.07) is 9.19. The van der Waals surface area contributed by atoms with E-state index in [1.54, 1.807) is 25.1 Å². The van der Waals surface area contributed by atoms with Crippen LogP contribution in [-0.2, 0) is 20.3 Å². The molecule has 0 amide bonds. The van der Waals surface area contributed by atoms with Gasteiger partial charge < -0.3 is 15.4 Å². The van der Waals surface area contributed by atoms with Crippen LogP contribution in [0.2, 0.25) is 0 Å². The monoisotopic (exact) mass is 376 g/mol. The second-order valence-electron chi connectivity index (χ2n) is 6.46. The first-order valence-electron chi connectivity index (χ1n) is 8.66. The van der Waals surface area contributed by atoms with Gasteiger partial charge in [0.25, 0.3) is 0 Å². The van der Waals surface area contributed by atoms with Crippen molar-refractivity contribution in [2.75, 3.05) is 36.1 Å². The van der Waals surface area contributed by atoms with Gasteiger partial charge >= 0.3 is 0 Å². The largest absolute Gasteiger partial charge is 0.399 e. The number of hydrogen-bond donors (Lipinski definition) is 1. The van der Waals surface area contributed by atoms with Crippen LogP contribution < -0.4 is 10.6 Å². The first-order valence-corrected chi connectivity index (χ1v) is 10.5. The van der Waals surface area contributed by atoms with Crippen LogP contribution in [0.1, 0.15) is 19.5 Å². The van der Waals surface area contributed by atoms with Crippen LogP contribution >= 0.6 is 0 Å². The molecule has 8 heteroatoms. The molecule has 1 saturated heterocycles. The summed E-state index contributed by atoms with van der Waals surface area (Å²) in [5.74, 6) is 1.21. The zero-order chi connectivity index (χ0) is 18.7. The second-order valence-corrected chi connectivity index (χ2v) is 8.81. The maximum Gasteiger partial charge on any atom is 0.161 e. The molecule has 2 N–H and O–H groups in total. The normalized spacial score (nSPS) is 18.1. The van der Waals surface area contributed by atoms with E-state index < -0.39 is 9.84 Å². The van der Waals surface area contributed by atoms with Crippen LogP contribution in [0.5, 0.6) is 0 Å². The number of ether oxygens (including phenoxy) is 1. The van der Waals surface area contributed by atoms with Crippen LogP contribution in [0.4, 0.5) is 11.5 Å². The molecule has 26 heavy (non-hydrogen) atoms. The third kappa shape index (κ3) is 4.31. The Kier molecular flexibility index (Phi) is 5.43. The maximum atomic E-state index is 12.1. The van der Waals surface area contributed by atoms with E-state index in [4.69, 9.17) is 10.5 Å². The van der Waals surface area contributed by atoms with Crippen molar-refractivity contribution in [3.8, 4) is 11.4 Å². The highest BCUT2D eigenvalue weighted by atomic mass is 32.2. The molecular formula is C18H24N4O3S. The van der Waals surface area contributed by atoms with Gasteiger partial charge in [0.05, 0.1) is 30.7 Å². The Morgan fingerprint density at radius 3 is 2.65 bits per heavy atom. The Balaban J connectivity index is 2.05. The summed E-state index contributed by atoms with van der Waals surface area (Å²) in [6.07, 6.45) is 0. The minimum atomic E-state index is -3.19. The molecule has 1 aliphatic heterocycles. The highest BCUT2D eigenvalue weighted by Crippen LogP contribution is 2.24. The number of benzene rings is 1. The molecule has 1 aromatic carbocycles. The molecule has 1 aromatic heterocycles. The lowest BCUT2D eigenvalue weighted by Crippen LogP contribution is -2.44. The van der Waals surface area contributed by atoms with Crippen LogP contribution in [-0.4, -0.2) is 49.9 Å². The Bertz CT molecular complexity index is 869. The molecule has 2 heterocycles. The molecule has 3 rings (SSSR count). The number of sulfone groups is 1. The third-order valence-corrected chi connectivity index (χ3v) is 6.02. The summed E-state index contributed by atoms with van der Waals surface area (Å²) in [4.78, 5) is 11.3. The molecule has 0 unspecified atom stereocenters. The summed E-state index contributed by atoms with van der Waals surface area (Å²) in [6.45, 7) is 5.65. The van der Waals surface area contributed by atoms with Gasteiger partial charge in [-0.25, -0.2) is 18.4 Å². The van der Waals surface area contributed by atoms with Crippen molar-refractivity contribution in [2.24, 2.45) is 0 Å². The Hall–Kier alpha value is -2.19. The Labute approximate surface area is 154 Å². The molecule has 0 bridgehead atoms. The van der Waals surface area contributed by atoms with Gasteiger partial charge in [-0.1, -0.05) is 6.92 Å². The molecule has 0 saturated carbocycles. The van der Waals surface area contributed by atoms with Gasteiger partial charge in [0.2, 0.25) is 0 Å². The number of nitrogens with zero attached hydrogens (tertiary/aromatic N) is 3. The van der Waals surface area contributed by atoms with Crippen molar-refractivity contribution in [3.63, 3.8) is 0 Å². The second kappa shape index (κ2) is 7.59. The zero-order valence-electron chi connectivity index (χ0n) is 15.1. The maximum absolute atomic E-state index is 12.1. The highest BCUT2D eigenvalue weighted by molar-refractivity contribution is 7.90. The number of rotatable bonds is 5.